The summed E-state index contributed by atoms with van der Waals surface area (Å²) >= 11 is 0. The molecular formula is C26H18F12N2O2. The second-order valence-electron chi connectivity index (χ2n) is 8.83. The Morgan fingerprint density at radius 3 is 1.83 bits per heavy atom. The highest BCUT2D eigenvalue weighted by Gasteiger charge is 2.58. The van der Waals surface area contributed by atoms with E-state index in [1.807, 2.05) is 5.32 Å². The van der Waals surface area contributed by atoms with Gasteiger partial charge in [-0.1, -0.05) is 42.5 Å². The van der Waals surface area contributed by atoms with Gasteiger partial charge in [-0.05, 0) is 41.0 Å². The highest BCUT2D eigenvalue weighted by molar-refractivity contribution is 5.77. The number of rotatable bonds is 9. The van der Waals surface area contributed by atoms with Gasteiger partial charge in [0.2, 0.25) is 6.04 Å². The largest absolute Gasteiger partial charge is 0.461 e. The van der Waals surface area contributed by atoms with Gasteiger partial charge in [-0.25, -0.2) is 13.6 Å². The van der Waals surface area contributed by atoms with Gasteiger partial charge < -0.3 is 15.4 Å². The topological polar surface area (TPSA) is 50.4 Å². The molecule has 2 amide bonds. The quantitative estimate of drug-likeness (QED) is 0.245. The Labute approximate surface area is 229 Å². The van der Waals surface area contributed by atoms with E-state index in [4.69, 9.17) is 0 Å². The van der Waals surface area contributed by atoms with Crippen LogP contribution < -0.4 is 15.4 Å². The Kier molecular flexibility index (Phi) is 9.27. The van der Waals surface area contributed by atoms with E-state index in [0.717, 1.165) is 29.6 Å². The molecule has 0 aliphatic heterocycles. The third kappa shape index (κ3) is 7.79. The van der Waals surface area contributed by atoms with Gasteiger partial charge in [0.05, 0.1) is 5.54 Å². The molecule has 1 atom stereocenters. The minimum atomic E-state index is -6.02. The first kappa shape index (κ1) is 32.4. The van der Waals surface area contributed by atoms with Crippen LogP contribution in [0, 0.1) is 11.6 Å². The molecule has 0 heterocycles. The van der Waals surface area contributed by atoms with Crippen LogP contribution in [0.1, 0.15) is 16.7 Å². The van der Waals surface area contributed by atoms with Crippen molar-refractivity contribution in [3.63, 3.8) is 0 Å². The first-order chi connectivity index (χ1) is 19.3. The van der Waals surface area contributed by atoms with E-state index >= 15 is 0 Å². The highest BCUT2D eigenvalue weighted by atomic mass is 19.4. The Balaban J connectivity index is 2.26. The molecule has 0 radical (unpaired) electrons. The number of alkyl halides is 10. The van der Waals surface area contributed by atoms with Crippen LogP contribution in [0.25, 0.3) is 0 Å². The predicted molar refractivity (Wildman–Crippen MR) is 123 cm³/mol. The molecule has 0 saturated carbocycles. The molecule has 3 rings (SSSR count). The van der Waals surface area contributed by atoms with Gasteiger partial charge in [-0.3, -0.25) is 0 Å². The second kappa shape index (κ2) is 12.0. The maximum absolute atomic E-state index is 14.7. The lowest BCUT2D eigenvalue weighted by molar-refractivity contribution is -0.255. The van der Waals surface area contributed by atoms with Crippen molar-refractivity contribution in [2.75, 3.05) is 0 Å². The van der Waals surface area contributed by atoms with Crippen LogP contribution in [0.4, 0.5) is 57.5 Å². The molecule has 3 aromatic rings. The summed E-state index contributed by atoms with van der Waals surface area (Å²) in [7, 11) is 0. The first-order valence-corrected chi connectivity index (χ1v) is 11.5. The molecule has 0 aromatic heterocycles. The summed E-state index contributed by atoms with van der Waals surface area (Å²) in [6, 6.07) is 5.43. The summed E-state index contributed by atoms with van der Waals surface area (Å²) in [5.41, 5.74) is -3.16. The van der Waals surface area contributed by atoms with Crippen molar-refractivity contribution < 1.29 is 62.2 Å². The Morgan fingerprint density at radius 1 is 0.738 bits per heavy atom. The summed E-state index contributed by atoms with van der Waals surface area (Å²) in [6.45, 7) is 0. The lowest BCUT2D eigenvalue weighted by Gasteiger charge is -2.37. The van der Waals surface area contributed by atoms with Gasteiger partial charge in [0.25, 0.3) is 0 Å². The minimum absolute atomic E-state index is 0.204. The SMILES string of the molecule is O=C(NC(C(F)(F)F)C(F)(F)F)N[C@](Cc1ccccc1)(c1ccc(F)cc1)c1cc(F)cc(OC(F)(F)C(F)F)c1. The minimum Gasteiger partial charge on any atom is -0.428 e. The fourth-order valence-electron chi connectivity index (χ4n) is 3.98. The number of halogens is 12. The van der Waals surface area contributed by atoms with Crippen molar-refractivity contribution in [2.45, 2.75) is 42.9 Å². The number of hydrogen-bond donors (Lipinski definition) is 2. The zero-order valence-corrected chi connectivity index (χ0v) is 20.6. The summed E-state index contributed by atoms with van der Waals surface area (Å²) in [5, 5.41) is 2.67. The molecule has 16 heteroatoms. The van der Waals surface area contributed by atoms with Crippen molar-refractivity contribution >= 4 is 6.03 Å². The molecule has 3 aromatic carbocycles. The van der Waals surface area contributed by atoms with Crippen LogP contribution in [-0.2, 0) is 12.0 Å². The third-order valence-electron chi connectivity index (χ3n) is 5.78. The molecule has 4 nitrogen and oxygen atoms in total. The number of urea groups is 1. The normalized spacial score (nSPS) is 14.0. The van der Waals surface area contributed by atoms with E-state index in [0.29, 0.717) is 12.1 Å². The molecule has 0 fully saturated rings. The van der Waals surface area contributed by atoms with Crippen molar-refractivity contribution in [1.29, 1.82) is 0 Å². The molecule has 0 unspecified atom stereocenters. The third-order valence-corrected chi connectivity index (χ3v) is 5.78. The molecule has 0 aliphatic carbocycles. The van der Waals surface area contributed by atoms with Gasteiger partial charge in [-0.2, -0.15) is 43.9 Å². The average molecular weight is 618 g/mol. The monoisotopic (exact) mass is 618 g/mol. The summed E-state index contributed by atoms with van der Waals surface area (Å²) in [6.07, 6.45) is -22.2. The van der Waals surface area contributed by atoms with Gasteiger partial charge in [0, 0.05) is 12.5 Å². The second-order valence-corrected chi connectivity index (χ2v) is 8.83. The van der Waals surface area contributed by atoms with Crippen LogP contribution >= 0.6 is 0 Å². The highest BCUT2D eigenvalue weighted by Crippen LogP contribution is 2.38. The van der Waals surface area contributed by atoms with Gasteiger partial charge >= 0.3 is 30.9 Å². The fraction of sp³-hybridized carbons (Fsp3) is 0.269. The van der Waals surface area contributed by atoms with Crippen molar-refractivity contribution in [1.82, 2.24) is 10.6 Å². The molecule has 0 spiro atoms. The van der Waals surface area contributed by atoms with E-state index < -0.39 is 71.9 Å². The number of amides is 2. The lowest BCUT2D eigenvalue weighted by Crippen LogP contribution is -2.60. The van der Waals surface area contributed by atoms with Gasteiger partial charge in [-0.15, -0.1) is 0 Å². The first-order valence-electron chi connectivity index (χ1n) is 11.5. The molecule has 0 aliphatic rings. The Bertz CT molecular complexity index is 1350. The number of benzene rings is 3. The fourth-order valence-corrected chi connectivity index (χ4v) is 3.98. The zero-order chi connectivity index (χ0) is 31.5. The van der Waals surface area contributed by atoms with Crippen LogP contribution in [0.2, 0.25) is 0 Å². The number of carbonyl (C=O) groups excluding carboxylic acids is 1. The molecule has 228 valence electrons. The van der Waals surface area contributed by atoms with Gasteiger partial charge in [0.15, 0.2) is 0 Å². The average Bonchev–Trinajstić information content (AvgIpc) is 2.86. The smallest absolute Gasteiger partial charge is 0.428 e. The molecular weight excluding hydrogens is 600 g/mol. The molecule has 0 bridgehead atoms. The maximum atomic E-state index is 14.7. The summed E-state index contributed by atoms with van der Waals surface area (Å²) < 4.78 is 164. The zero-order valence-electron chi connectivity index (χ0n) is 20.6. The van der Waals surface area contributed by atoms with E-state index in [1.165, 1.54) is 30.3 Å². The van der Waals surface area contributed by atoms with E-state index in [1.54, 1.807) is 0 Å². The van der Waals surface area contributed by atoms with Crippen molar-refractivity contribution in [3.8, 4) is 5.75 Å². The number of carbonyl (C=O) groups is 1. The molecule has 2 N–H and O–H groups in total. The van der Waals surface area contributed by atoms with Crippen LogP contribution in [0.5, 0.6) is 5.75 Å². The Hall–Kier alpha value is -4.11. The number of hydrogen-bond acceptors (Lipinski definition) is 2. The standard InChI is InChI=1S/C26H18F12N2O2/c27-17-8-6-15(7-9-17)23(13-14-4-2-1-3-5-14,40-22(41)39-20(24(31,32)33)25(34,35)36)16-10-18(28)12-19(11-16)42-26(37,38)21(29)30/h1-12,20-21H,13H2,(H2,39,40,41)/t23-/m1/s1. The van der Waals surface area contributed by atoms with E-state index in [-0.39, 0.29) is 17.2 Å². The molecule has 0 saturated heterocycles. The summed E-state index contributed by atoms with van der Waals surface area (Å²) in [5.74, 6) is -3.55. The van der Waals surface area contributed by atoms with Crippen molar-refractivity contribution in [2.24, 2.45) is 0 Å². The van der Waals surface area contributed by atoms with Crippen molar-refractivity contribution in [3.05, 3.63) is 101 Å². The van der Waals surface area contributed by atoms with Crippen LogP contribution in [-0.4, -0.2) is 37.0 Å². The predicted octanol–water partition coefficient (Wildman–Crippen LogP) is 7.48. The van der Waals surface area contributed by atoms with Crippen LogP contribution in [0.15, 0.2) is 72.8 Å². The Morgan fingerprint density at radius 2 is 1.31 bits per heavy atom. The van der Waals surface area contributed by atoms with Crippen LogP contribution in [0.3, 0.4) is 0 Å². The maximum Gasteiger partial charge on any atom is 0.461 e. The van der Waals surface area contributed by atoms with E-state index in [2.05, 4.69) is 4.74 Å². The van der Waals surface area contributed by atoms with Gasteiger partial charge in [0.1, 0.15) is 17.4 Å². The summed E-state index contributed by atoms with van der Waals surface area (Å²) in [4.78, 5) is 12.8. The molecule has 42 heavy (non-hydrogen) atoms. The lowest BCUT2D eigenvalue weighted by atomic mass is 9.77. The number of nitrogens with one attached hydrogen (secondary N) is 2. The van der Waals surface area contributed by atoms with E-state index in [9.17, 15) is 57.5 Å². The number of ether oxygens (including phenoxy) is 1.